The molecule has 0 radical (unpaired) electrons. The van der Waals surface area contributed by atoms with Crippen molar-refractivity contribution in [1.82, 2.24) is 14.9 Å². The highest BCUT2D eigenvalue weighted by atomic mass is 35.5. The highest BCUT2D eigenvalue weighted by Crippen LogP contribution is 2.27. The fourth-order valence-corrected chi connectivity index (χ4v) is 4.79. The summed E-state index contributed by atoms with van der Waals surface area (Å²) >= 11 is 12.1. The maximum absolute atomic E-state index is 11.7. The molecular formula is C19H24Cl2N4O2S. The summed E-state index contributed by atoms with van der Waals surface area (Å²) in [6.45, 7) is 2.45. The van der Waals surface area contributed by atoms with Crippen LogP contribution in [0.5, 0.6) is 0 Å². The van der Waals surface area contributed by atoms with Crippen molar-refractivity contribution in [3.05, 3.63) is 40.4 Å². The molecule has 6 nitrogen and oxygen atoms in total. The summed E-state index contributed by atoms with van der Waals surface area (Å²) < 4.78 is 26.1. The minimum Gasteiger partial charge on any atom is -0.368 e. The molecule has 3 rings (SSSR count). The van der Waals surface area contributed by atoms with Crippen LogP contribution < -0.4 is 10.0 Å². The zero-order valence-corrected chi connectivity index (χ0v) is 18.0. The van der Waals surface area contributed by atoms with Crippen molar-refractivity contribution in [2.75, 3.05) is 17.6 Å². The van der Waals surface area contributed by atoms with Gasteiger partial charge in [-0.1, -0.05) is 23.2 Å². The van der Waals surface area contributed by atoms with Gasteiger partial charge < -0.3 is 5.32 Å². The average Bonchev–Trinajstić information content (AvgIpc) is 2.67. The summed E-state index contributed by atoms with van der Waals surface area (Å²) in [5, 5.41) is 12.9. The first-order valence-corrected chi connectivity index (χ1v) is 11.8. The lowest BCUT2D eigenvalue weighted by Gasteiger charge is -2.29. The molecule has 1 saturated carbocycles. The molecule has 1 aromatic heterocycles. The SMILES string of the molecule is CCS(=O)(=O)N[C@H]1CC[C@H](CNc2ccc(-c3cc(Cl)cc(Cl)c3)nn2)CC1. The van der Waals surface area contributed by atoms with Gasteiger partial charge in [0.15, 0.2) is 0 Å². The summed E-state index contributed by atoms with van der Waals surface area (Å²) in [6, 6.07) is 9.11. The Morgan fingerprint density at radius 3 is 2.29 bits per heavy atom. The maximum atomic E-state index is 11.7. The van der Waals surface area contributed by atoms with Crippen LogP contribution >= 0.6 is 23.2 Å². The molecule has 0 amide bonds. The number of benzene rings is 1. The summed E-state index contributed by atoms with van der Waals surface area (Å²) in [5.74, 6) is 1.34. The predicted molar refractivity (Wildman–Crippen MR) is 114 cm³/mol. The van der Waals surface area contributed by atoms with Crippen LogP contribution in [0.1, 0.15) is 32.6 Å². The average molecular weight is 443 g/mol. The number of rotatable bonds is 7. The van der Waals surface area contributed by atoms with E-state index in [4.69, 9.17) is 23.2 Å². The van der Waals surface area contributed by atoms with Crippen molar-refractivity contribution < 1.29 is 8.42 Å². The summed E-state index contributed by atoms with van der Waals surface area (Å²) in [7, 11) is -3.12. The molecule has 1 aliphatic rings. The van der Waals surface area contributed by atoms with E-state index in [1.807, 2.05) is 12.1 Å². The molecule has 1 aliphatic carbocycles. The highest BCUT2D eigenvalue weighted by Gasteiger charge is 2.24. The number of hydrogen-bond donors (Lipinski definition) is 2. The van der Waals surface area contributed by atoms with E-state index < -0.39 is 10.0 Å². The van der Waals surface area contributed by atoms with Crippen molar-refractivity contribution in [2.24, 2.45) is 5.92 Å². The molecule has 0 spiro atoms. The first-order valence-electron chi connectivity index (χ1n) is 9.38. The Morgan fingerprint density at radius 2 is 1.71 bits per heavy atom. The van der Waals surface area contributed by atoms with Crippen molar-refractivity contribution in [1.29, 1.82) is 0 Å². The molecule has 9 heteroatoms. The molecular weight excluding hydrogens is 419 g/mol. The van der Waals surface area contributed by atoms with Crippen LogP contribution in [0.2, 0.25) is 10.0 Å². The van der Waals surface area contributed by atoms with Gasteiger partial charge in [0.1, 0.15) is 5.82 Å². The molecule has 1 aromatic carbocycles. The van der Waals surface area contributed by atoms with E-state index >= 15 is 0 Å². The number of sulfonamides is 1. The van der Waals surface area contributed by atoms with E-state index in [1.165, 1.54) is 0 Å². The fraction of sp³-hybridized carbons (Fsp3) is 0.474. The van der Waals surface area contributed by atoms with Crippen LogP contribution in [0.3, 0.4) is 0 Å². The van der Waals surface area contributed by atoms with Crippen LogP contribution in [0.15, 0.2) is 30.3 Å². The van der Waals surface area contributed by atoms with Crippen LogP contribution in [0.25, 0.3) is 11.3 Å². The molecule has 1 heterocycles. The first kappa shape index (κ1) is 21.3. The summed E-state index contributed by atoms with van der Waals surface area (Å²) in [5.41, 5.74) is 1.53. The lowest BCUT2D eigenvalue weighted by molar-refractivity contribution is 0.324. The monoisotopic (exact) mass is 442 g/mol. The minimum atomic E-state index is -3.12. The number of hydrogen-bond acceptors (Lipinski definition) is 5. The van der Waals surface area contributed by atoms with Gasteiger partial charge in [-0.25, -0.2) is 13.1 Å². The number of aromatic nitrogens is 2. The first-order chi connectivity index (χ1) is 13.3. The standard InChI is InChI=1S/C19H24Cl2N4O2S/c1-2-28(26,27)25-17-5-3-13(4-6-17)12-22-19-8-7-18(23-24-19)14-9-15(20)11-16(21)10-14/h7-11,13,17,25H,2-6,12H2,1H3,(H,22,24)/t13-,17-. The van der Waals surface area contributed by atoms with Crippen LogP contribution in [0, 0.1) is 5.92 Å². The lowest BCUT2D eigenvalue weighted by Crippen LogP contribution is -2.39. The van der Waals surface area contributed by atoms with Gasteiger partial charge >= 0.3 is 0 Å². The van der Waals surface area contributed by atoms with Gasteiger partial charge in [-0.15, -0.1) is 10.2 Å². The third-order valence-corrected chi connectivity index (χ3v) is 6.86. The Balaban J connectivity index is 1.49. The number of anilines is 1. The van der Waals surface area contributed by atoms with E-state index in [0.29, 0.717) is 27.5 Å². The molecule has 0 saturated heterocycles. The van der Waals surface area contributed by atoms with Gasteiger partial charge in [0.25, 0.3) is 0 Å². The Labute approximate surface area is 176 Å². The van der Waals surface area contributed by atoms with Gasteiger partial charge in [0, 0.05) is 28.2 Å². The highest BCUT2D eigenvalue weighted by molar-refractivity contribution is 7.89. The van der Waals surface area contributed by atoms with E-state index in [2.05, 4.69) is 20.2 Å². The third kappa shape index (κ3) is 6.04. The summed E-state index contributed by atoms with van der Waals surface area (Å²) in [6.07, 6.45) is 3.70. The molecule has 28 heavy (non-hydrogen) atoms. The second-order valence-corrected chi connectivity index (χ2v) is 10.00. The topological polar surface area (TPSA) is 84.0 Å². The smallest absolute Gasteiger partial charge is 0.211 e. The second-order valence-electron chi connectivity index (χ2n) is 7.08. The predicted octanol–water partition coefficient (Wildman–Crippen LogP) is 4.36. The van der Waals surface area contributed by atoms with E-state index in [0.717, 1.165) is 37.8 Å². The fourth-order valence-electron chi connectivity index (χ4n) is 3.35. The Bertz CT molecular complexity index is 878. The number of halogens is 2. The molecule has 2 N–H and O–H groups in total. The van der Waals surface area contributed by atoms with Crippen LogP contribution in [-0.4, -0.2) is 37.0 Å². The Morgan fingerprint density at radius 1 is 1.04 bits per heavy atom. The quantitative estimate of drug-likeness (QED) is 0.664. The Kier molecular flexibility index (Phi) is 7.15. The van der Waals surface area contributed by atoms with E-state index in [9.17, 15) is 8.42 Å². The second kappa shape index (κ2) is 9.39. The number of nitrogens with one attached hydrogen (secondary N) is 2. The lowest BCUT2D eigenvalue weighted by atomic mass is 9.86. The maximum Gasteiger partial charge on any atom is 0.211 e. The zero-order valence-electron chi connectivity index (χ0n) is 15.7. The van der Waals surface area contributed by atoms with Gasteiger partial charge in [-0.05, 0) is 68.9 Å². The van der Waals surface area contributed by atoms with Crippen LogP contribution in [-0.2, 0) is 10.0 Å². The van der Waals surface area contributed by atoms with E-state index in [-0.39, 0.29) is 11.8 Å². The largest absolute Gasteiger partial charge is 0.368 e. The molecule has 152 valence electrons. The van der Waals surface area contributed by atoms with Crippen molar-refractivity contribution in [3.63, 3.8) is 0 Å². The Hall–Kier alpha value is -1.41. The molecule has 0 aliphatic heterocycles. The zero-order chi connectivity index (χ0) is 20.1. The minimum absolute atomic E-state index is 0.0600. The molecule has 2 aromatic rings. The van der Waals surface area contributed by atoms with Gasteiger partial charge in [-0.2, -0.15) is 0 Å². The molecule has 0 atom stereocenters. The van der Waals surface area contributed by atoms with E-state index in [1.54, 1.807) is 25.1 Å². The van der Waals surface area contributed by atoms with Crippen molar-refractivity contribution in [3.8, 4) is 11.3 Å². The molecule has 0 bridgehead atoms. The normalized spacial score (nSPS) is 20.1. The number of nitrogens with zero attached hydrogens (tertiary/aromatic N) is 2. The van der Waals surface area contributed by atoms with Crippen molar-refractivity contribution in [2.45, 2.75) is 38.6 Å². The summed E-state index contributed by atoms with van der Waals surface area (Å²) in [4.78, 5) is 0. The van der Waals surface area contributed by atoms with Gasteiger partial charge in [0.2, 0.25) is 10.0 Å². The van der Waals surface area contributed by atoms with Crippen LogP contribution in [0.4, 0.5) is 5.82 Å². The van der Waals surface area contributed by atoms with Gasteiger partial charge in [0.05, 0.1) is 11.4 Å². The molecule has 1 fully saturated rings. The van der Waals surface area contributed by atoms with Crippen molar-refractivity contribution >= 4 is 39.0 Å². The molecule has 0 unspecified atom stereocenters. The van der Waals surface area contributed by atoms with Gasteiger partial charge in [-0.3, -0.25) is 0 Å². The third-order valence-electron chi connectivity index (χ3n) is 4.97.